The fourth-order valence-corrected chi connectivity index (χ4v) is 4.84. The fraction of sp³-hybridized carbons (Fsp3) is 0.321. The molecule has 2 N–H and O–H groups in total. The van der Waals surface area contributed by atoms with Crippen LogP contribution in [0.1, 0.15) is 50.5 Å². The van der Waals surface area contributed by atoms with Crippen LogP contribution < -0.4 is 14.8 Å². The average Bonchev–Trinajstić information content (AvgIpc) is 2.82. The van der Waals surface area contributed by atoms with Crippen LogP contribution in [0.25, 0.3) is 0 Å². The van der Waals surface area contributed by atoms with E-state index in [2.05, 4.69) is 17.4 Å². The predicted molar refractivity (Wildman–Crippen MR) is 137 cm³/mol. The van der Waals surface area contributed by atoms with E-state index in [1.54, 1.807) is 12.1 Å². The number of carboxylic acid groups (broad SMARTS) is 1. The Bertz CT molecular complexity index is 1200. The van der Waals surface area contributed by atoms with Gasteiger partial charge in [-0.15, -0.1) is 12.4 Å². The highest BCUT2D eigenvalue weighted by Gasteiger charge is 2.31. The Labute approximate surface area is 211 Å². The lowest BCUT2D eigenvalue weighted by Crippen LogP contribution is -2.36. The first-order chi connectivity index (χ1) is 16.4. The fourth-order valence-electron chi connectivity index (χ4n) is 4.84. The first kappa shape index (κ1) is 26.5. The summed E-state index contributed by atoms with van der Waals surface area (Å²) in [5.41, 5.74) is 5.07. The Kier molecular flexibility index (Phi) is 8.76. The van der Waals surface area contributed by atoms with Crippen LogP contribution in [0.15, 0.2) is 54.6 Å². The van der Waals surface area contributed by atoms with Crippen molar-refractivity contribution in [2.75, 3.05) is 20.2 Å². The van der Waals surface area contributed by atoms with Crippen molar-refractivity contribution in [2.24, 2.45) is 0 Å². The number of nitrogens with one attached hydrogen (secondary N) is 1. The largest absolute Gasteiger partial charge is 0.494 e. The predicted octanol–water partition coefficient (Wildman–Crippen LogP) is 5.69. The first-order valence-electron chi connectivity index (χ1n) is 11.5. The van der Waals surface area contributed by atoms with E-state index in [-0.39, 0.29) is 36.0 Å². The van der Waals surface area contributed by atoms with E-state index < -0.39 is 5.97 Å². The van der Waals surface area contributed by atoms with Gasteiger partial charge in [0.15, 0.2) is 11.6 Å². The minimum absolute atomic E-state index is 0. The van der Waals surface area contributed by atoms with Crippen LogP contribution in [0.2, 0.25) is 0 Å². The van der Waals surface area contributed by atoms with E-state index in [1.807, 2.05) is 38.1 Å². The average molecular weight is 500 g/mol. The van der Waals surface area contributed by atoms with Crippen LogP contribution in [0.5, 0.6) is 11.5 Å². The first-order valence-corrected chi connectivity index (χ1v) is 11.5. The zero-order chi connectivity index (χ0) is 24.2. The molecule has 7 heteroatoms. The number of rotatable bonds is 8. The van der Waals surface area contributed by atoms with Gasteiger partial charge in [-0.25, -0.2) is 9.18 Å². The van der Waals surface area contributed by atoms with Gasteiger partial charge >= 0.3 is 5.97 Å². The molecule has 2 atom stereocenters. The lowest BCUT2D eigenvalue weighted by Gasteiger charge is -2.34. The Hall–Kier alpha value is -3.09. The Balaban J connectivity index is 0.00000342. The summed E-state index contributed by atoms with van der Waals surface area (Å²) >= 11 is 0. The second-order valence-electron chi connectivity index (χ2n) is 8.77. The minimum atomic E-state index is -0.896. The number of fused-ring (bicyclic) bond motifs is 1. The van der Waals surface area contributed by atoms with Crippen molar-refractivity contribution in [3.8, 4) is 11.5 Å². The molecule has 0 amide bonds. The number of hydrogen-bond donors (Lipinski definition) is 2. The highest BCUT2D eigenvalue weighted by Crippen LogP contribution is 2.42. The molecule has 0 saturated heterocycles. The highest BCUT2D eigenvalue weighted by molar-refractivity contribution is 5.91. The van der Waals surface area contributed by atoms with Crippen molar-refractivity contribution in [1.82, 2.24) is 5.32 Å². The molecule has 3 aromatic carbocycles. The number of aryl methyl sites for hydroxylation is 1. The van der Waals surface area contributed by atoms with Gasteiger partial charge in [0.2, 0.25) is 0 Å². The quantitative estimate of drug-likeness (QED) is 0.390. The molecule has 1 aliphatic heterocycles. The van der Waals surface area contributed by atoms with Crippen molar-refractivity contribution >= 4 is 18.4 Å². The monoisotopic (exact) mass is 499 g/mol. The minimum Gasteiger partial charge on any atom is -0.494 e. The molecule has 0 spiro atoms. The second kappa shape index (κ2) is 11.6. The van der Waals surface area contributed by atoms with E-state index in [4.69, 9.17) is 9.47 Å². The Morgan fingerprint density at radius 1 is 1.14 bits per heavy atom. The number of hydrogen-bond acceptors (Lipinski definition) is 4. The SMILES string of the molecule is COc1cc(CCNCC2CC(c3ccc(C)c(C(=O)O)c3C)c3ccccc3O2)ccc1F.Cl. The summed E-state index contributed by atoms with van der Waals surface area (Å²) in [6, 6.07) is 16.8. The summed E-state index contributed by atoms with van der Waals surface area (Å²) in [4.78, 5) is 11.9. The number of aromatic carboxylic acids is 1. The zero-order valence-corrected chi connectivity index (χ0v) is 21.0. The molecule has 1 aliphatic rings. The molecule has 0 fully saturated rings. The third-order valence-corrected chi connectivity index (χ3v) is 6.57. The summed E-state index contributed by atoms with van der Waals surface area (Å²) in [6.07, 6.45) is 1.43. The van der Waals surface area contributed by atoms with Crippen LogP contribution in [0, 0.1) is 19.7 Å². The summed E-state index contributed by atoms with van der Waals surface area (Å²) in [5, 5.41) is 13.2. The van der Waals surface area contributed by atoms with E-state index in [0.29, 0.717) is 18.7 Å². The van der Waals surface area contributed by atoms with Crippen molar-refractivity contribution in [3.05, 3.63) is 93.8 Å². The summed E-state index contributed by atoms with van der Waals surface area (Å²) in [5.74, 6) is -0.117. The van der Waals surface area contributed by atoms with Gasteiger partial charge in [-0.05, 0) is 73.7 Å². The normalized spacial score (nSPS) is 16.6. The number of methoxy groups -OCH3 is 1. The number of carboxylic acids is 1. The van der Waals surface area contributed by atoms with E-state index >= 15 is 0 Å². The molecule has 0 aromatic heterocycles. The van der Waals surface area contributed by atoms with Gasteiger partial charge in [-0.1, -0.05) is 36.4 Å². The highest BCUT2D eigenvalue weighted by atomic mass is 35.5. The van der Waals surface area contributed by atoms with Gasteiger partial charge in [-0.3, -0.25) is 0 Å². The summed E-state index contributed by atoms with van der Waals surface area (Å²) in [7, 11) is 1.46. The molecule has 3 aromatic rings. The molecule has 0 aliphatic carbocycles. The maximum absolute atomic E-state index is 13.6. The molecule has 4 rings (SSSR count). The Morgan fingerprint density at radius 3 is 2.66 bits per heavy atom. The molecule has 2 unspecified atom stereocenters. The molecule has 1 heterocycles. The van der Waals surface area contributed by atoms with E-state index in [9.17, 15) is 14.3 Å². The summed E-state index contributed by atoms with van der Waals surface area (Å²) < 4.78 is 25.0. The molecule has 186 valence electrons. The lowest BCUT2D eigenvalue weighted by molar-refractivity contribution is 0.0695. The molecule has 0 saturated carbocycles. The third kappa shape index (κ3) is 5.77. The molecule has 0 radical (unpaired) electrons. The van der Waals surface area contributed by atoms with Crippen molar-refractivity contribution in [1.29, 1.82) is 0 Å². The number of ether oxygens (including phenoxy) is 2. The number of halogens is 2. The van der Waals surface area contributed by atoms with Crippen LogP contribution >= 0.6 is 12.4 Å². The lowest BCUT2D eigenvalue weighted by atomic mass is 9.80. The maximum Gasteiger partial charge on any atom is 0.336 e. The molecule has 0 bridgehead atoms. The molecular weight excluding hydrogens is 469 g/mol. The number of para-hydroxylation sites is 1. The Morgan fingerprint density at radius 2 is 1.91 bits per heavy atom. The third-order valence-electron chi connectivity index (χ3n) is 6.57. The van der Waals surface area contributed by atoms with Gasteiger partial charge in [0.25, 0.3) is 0 Å². The van der Waals surface area contributed by atoms with Gasteiger partial charge < -0.3 is 19.9 Å². The number of benzene rings is 3. The topological polar surface area (TPSA) is 67.8 Å². The van der Waals surface area contributed by atoms with Gasteiger partial charge in [0.1, 0.15) is 11.9 Å². The van der Waals surface area contributed by atoms with Gasteiger partial charge in [0, 0.05) is 18.0 Å². The van der Waals surface area contributed by atoms with Crippen LogP contribution in [-0.4, -0.2) is 37.4 Å². The summed E-state index contributed by atoms with van der Waals surface area (Å²) in [6.45, 7) is 5.10. The van der Waals surface area contributed by atoms with Crippen molar-refractivity contribution in [3.63, 3.8) is 0 Å². The smallest absolute Gasteiger partial charge is 0.336 e. The van der Waals surface area contributed by atoms with Crippen LogP contribution in [0.4, 0.5) is 4.39 Å². The van der Waals surface area contributed by atoms with Gasteiger partial charge in [0.05, 0.1) is 12.7 Å². The molecule has 35 heavy (non-hydrogen) atoms. The standard InChI is InChI=1S/C28H30FNO4.ClH/c1-17-8-10-21(18(2)27(17)28(31)32)23-15-20(34-25-7-5-4-6-22(23)25)16-30-13-12-19-9-11-24(29)26(14-19)33-3;/h4-11,14,20,23,30H,12-13,15-16H2,1-3H3,(H,31,32);1H. The van der Waals surface area contributed by atoms with Gasteiger partial charge in [-0.2, -0.15) is 0 Å². The van der Waals surface area contributed by atoms with Crippen LogP contribution in [0.3, 0.4) is 0 Å². The maximum atomic E-state index is 13.6. The van der Waals surface area contributed by atoms with Crippen LogP contribution in [-0.2, 0) is 6.42 Å². The second-order valence-corrected chi connectivity index (χ2v) is 8.77. The van der Waals surface area contributed by atoms with Crippen molar-refractivity contribution in [2.45, 2.75) is 38.7 Å². The van der Waals surface area contributed by atoms with E-state index in [0.717, 1.165) is 46.4 Å². The molecule has 5 nitrogen and oxygen atoms in total. The van der Waals surface area contributed by atoms with E-state index in [1.165, 1.54) is 13.2 Å². The number of carbonyl (C=O) groups is 1. The molecular formula is C28H31ClFNO4. The van der Waals surface area contributed by atoms with Crippen molar-refractivity contribution < 1.29 is 23.8 Å². The zero-order valence-electron chi connectivity index (χ0n) is 20.1.